The van der Waals surface area contributed by atoms with Crippen molar-refractivity contribution < 1.29 is 4.79 Å². The van der Waals surface area contributed by atoms with Crippen LogP contribution in [-0.2, 0) is 6.54 Å². The number of anilines is 1. The maximum atomic E-state index is 12.2. The van der Waals surface area contributed by atoms with Crippen LogP contribution in [0.15, 0.2) is 12.3 Å². The molecule has 0 saturated heterocycles. The number of aromatic nitrogens is 1. The second-order valence-electron chi connectivity index (χ2n) is 5.89. The summed E-state index contributed by atoms with van der Waals surface area (Å²) in [6.07, 6.45) is 4.89. The van der Waals surface area contributed by atoms with Crippen LogP contribution in [0.3, 0.4) is 0 Å². The van der Waals surface area contributed by atoms with Gasteiger partial charge in [0.05, 0.1) is 5.69 Å². The van der Waals surface area contributed by atoms with Gasteiger partial charge >= 0.3 is 0 Å². The molecule has 0 aliphatic heterocycles. The van der Waals surface area contributed by atoms with Crippen LogP contribution in [0.4, 0.5) is 5.69 Å². The number of rotatable bonds is 9. The van der Waals surface area contributed by atoms with Crippen LogP contribution in [0.25, 0.3) is 0 Å². The molecule has 120 valence electrons. The predicted octanol–water partition coefficient (Wildman–Crippen LogP) is 2.33. The lowest BCUT2D eigenvalue weighted by Gasteiger charge is -2.20. The van der Waals surface area contributed by atoms with Gasteiger partial charge in [0.1, 0.15) is 5.69 Å². The fourth-order valence-electron chi connectivity index (χ4n) is 2.19. The minimum Gasteiger partial charge on any atom is -0.397 e. The van der Waals surface area contributed by atoms with Crippen molar-refractivity contribution in [3.05, 3.63) is 18.0 Å². The van der Waals surface area contributed by atoms with Gasteiger partial charge in [0.15, 0.2) is 0 Å². The van der Waals surface area contributed by atoms with Crippen molar-refractivity contribution in [3.63, 3.8) is 0 Å². The summed E-state index contributed by atoms with van der Waals surface area (Å²) in [5.74, 6) is -0.0302. The third-order valence-corrected chi connectivity index (χ3v) is 3.72. The van der Waals surface area contributed by atoms with Crippen molar-refractivity contribution in [2.45, 2.75) is 52.6 Å². The van der Waals surface area contributed by atoms with Crippen LogP contribution in [-0.4, -0.2) is 41.6 Å². The highest BCUT2D eigenvalue weighted by Crippen LogP contribution is 2.11. The zero-order valence-corrected chi connectivity index (χ0v) is 13.9. The summed E-state index contributed by atoms with van der Waals surface area (Å²) in [5.41, 5.74) is 7.09. The third-order valence-electron chi connectivity index (χ3n) is 3.72. The number of hydrogen-bond acceptors (Lipinski definition) is 3. The first kappa shape index (κ1) is 17.6. The van der Waals surface area contributed by atoms with Crippen LogP contribution in [0, 0.1) is 0 Å². The monoisotopic (exact) mass is 294 g/mol. The van der Waals surface area contributed by atoms with E-state index in [1.165, 1.54) is 0 Å². The maximum absolute atomic E-state index is 12.2. The maximum Gasteiger partial charge on any atom is 0.267 e. The van der Waals surface area contributed by atoms with Gasteiger partial charge in [0.2, 0.25) is 0 Å². The van der Waals surface area contributed by atoms with Gasteiger partial charge in [0.25, 0.3) is 5.91 Å². The lowest BCUT2D eigenvalue weighted by molar-refractivity contribution is 0.0943. The number of hydrogen-bond donors (Lipinski definition) is 2. The molecule has 0 bridgehead atoms. The number of carbonyl (C=O) groups excluding carboxylic acids is 1. The van der Waals surface area contributed by atoms with E-state index in [1.54, 1.807) is 6.07 Å². The summed E-state index contributed by atoms with van der Waals surface area (Å²) in [5, 5.41) is 2.98. The third kappa shape index (κ3) is 5.79. The van der Waals surface area contributed by atoms with Gasteiger partial charge in [-0.15, -0.1) is 0 Å². The molecule has 5 heteroatoms. The molecule has 1 heterocycles. The Bertz CT molecular complexity index is 439. The van der Waals surface area contributed by atoms with E-state index in [0.717, 1.165) is 32.4 Å². The van der Waals surface area contributed by atoms with Crippen LogP contribution in [0.1, 0.15) is 50.5 Å². The first-order valence-electron chi connectivity index (χ1n) is 7.89. The van der Waals surface area contributed by atoms with E-state index in [2.05, 4.69) is 38.0 Å². The SMILES string of the molecule is CCCn1cc(N)cc1C(=O)NCCCCN(C)C(C)C. The molecule has 1 aromatic rings. The van der Waals surface area contributed by atoms with Crippen LogP contribution in [0.2, 0.25) is 0 Å². The van der Waals surface area contributed by atoms with Gasteiger partial charge < -0.3 is 20.5 Å². The van der Waals surface area contributed by atoms with Crippen molar-refractivity contribution in [3.8, 4) is 0 Å². The van der Waals surface area contributed by atoms with Crippen molar-refractivity contribution >= 4 is 11.6 Å². The molecule has 0 aromatic carbocycles. The summed E-state index contributed by atoms with van der Waals surface area (Å²) in [6.45, 7) is 9.05. The van der Waals surface area contributed by atoms with Gasteiger partial charge in [-0.1, -0.05) is 6.92 Å². The Morgan fingerprint density at radius 2 is 2.14 bits per heavy atom. The van der Waals surface area contributed by atoms with Crippen molar-refractivity contribution in [1.82, 2.24) is 14.8 Å². The van der Waals surface area contributed by atoms with E-state index < -0.39 is 0 Å². The quantitative estimate of drug-likeness (QED) is 0.687. The van der Waals surface area contributed by atoms with E-state index in [9.17, 15) is 4.79 Å². The first-order chi connectivity index (χ1) is 9.95. The molecule has 5 nitrogen and oxygen atoms in total. The zero-order valence-electron chi connectivity index (χ0n) is 13.9. The van der Waals surface area contributed by atoms with Gasteiger partial charge in [0, 0.05) is 25.3 Å². The molecule has 0 aliphatic rings. The smallest absolute Gasteiger partial charge is 0.267 e. The van der Waals surface area contributed by atoms with E-state index in [-0.39, 0.29) is 5.91 Å². The summed E-state index contributed by atoms with van der Waals surface area (Å²) in [4.78, 5) is 14.5. The van der Waals surface area contributed by atoms with Gasteiger partial charge in [-0.2, -0.15) is 0 Å². The topological polar surface area (TPSA) is 63.3 Å². The normalized spacial score (nSPS) is 11.3. The predicted molar refractivity (Wildman–Crippen MR) is 88.5 cm³/mol. The van der Waals surface area contributed by atoms with Crippen LogP contribution < -0.4 is 11.1 Å². The largest absolute Gasteiger partial charge is 0.397 e. The lowest BCUT2D eigenvalue weighted by Crippen LogP contribution is -2.29. The second kappa shape index (κ2) is 8.72. The Morgan fingerprint density at radius 1 is 1.43 bits per heavy atom. The van der Waals surface area contributed by atoms with E-state index in [4.69, 9.17) is 5.73 Å². The van der Waals surface area contributed by atoms with E-state index in [1.807, 2.05) is 10.8 Å². The zero-order chi connectivity index (χ0) is 15.8. The Hall–Kier alpha value is -1.49. The average molecular weight is 294 g/mol. The Kier molecular flexibility index (Phi) is 7.29. The highest BCUT2D eigenvalue weighted by atomic mass is 16.1. The van der Waals surface area contributed by atoms with E-state index in [0.29, 0.717) is 24.0 Å². The number of nitrogens with one attached hydrogen (secondary N) is 1. The Labute approximate surface area is 128 Å². The minimum atomic E-state index is -0.0302. The standard InChI is InChI=1S/C16H30N4O/c1-5-9-20-12-14(17)11-15(20)16(21)18-8-6-7-10-19(4)13(2)3/h11-13H,5-10,17H2,1-4H3,(H,18,21). The number of nitrogens with two attached hydrogens (primary N) is 1. The van der Waals surface area contributed by atoms with Crippen molar-refractivity contribution in [1.29, 1.82) is 0 Å². The Balaban J connectivity index is 2.34. The lowest BCUT2D eigenvalue weighted by atomic mass is 10.2. The van der Waals surface area contributed by atoms with E-state index >= 15 is 0 Å². The molecule has 1 aromatic heterocycles. The molecule has 1 amide bonds. The number of aryl methyl sites for hydroxylation is 1. The second-order valence-corrected chi connectivity index (χ2v) is 5.89. The molecule has 1 rings (SSSR count). The molecule has 0 radical (unpaired) electrons. The fourth-order valence-corrected chi connectivity index (χ4v) is 2.19. The van der Waals surface area contributed by atoms with Gasteiger partial charge in [-0.3, -0.25) is 4.79 Å². The summed E-state index contributed by atoms with van der Waals surface area (Å²) in [6, 6.07) is 2.32. The summed E-state index contributed by atoms with van der Waals surface area (Å²) in [7, 11) is 2.13. The molecule has 0 spiro atoms. The molecule has 3 N–H and O–H groups in total. The average Bonchev–Trinajstić information content (AvgIpc) is 2.79. The minimum absolute atomic E-state index is 0.0302. The summed E-state index contributed by atoms with van der Waals surface area (Å²) >= 11 is 0. The number of nitrogen functional groups attached to an aromatic ring is 1. The van der Waals surface area contributed by atoms with Crippen molar-refractivity contribution in [2.24, 2.45) is 0 Å². The molecule has 0 atom stereocenters. The first-order valence-corrected chi connectivity index (χ1v) is 7.89. The molecular weight excluding hydrogens is 264 g/mol. The number of nitrogens with zero attached hydrogens (tertiary/aromatic N) is 2. The number of unbranched alkanes of at least 4 members (excludes halogenated alkanes) is 1. The summed E-state index contributed by atoms with van der Waals surface area (Å²) < 4.78 is 1.93. The highest BCUT2D eigenvalue weighted by Gasteiger charge is 2.11. The van der Waals surface area contributed by atoms with Crippen molar-refractivity contribution in [2.75, 3.05) is 25.9 Å². The van der Waals surface area contributed by atoms with Crippen LogP contribution >= 0.6 is 0 Å². The number of carbonyl (C=O) groups is 1. The van der Waals surface area contributed by atoms with Gasteiger partial charge in [-0.05, 0) is 52.8 Å². The van der Waals surface area contributed by atoms with Crippen LogP contribution in [0.5, 0.6) is 0 Å². The molecule has 21 heavy (non-hydrogen) atoms. The van der Waals surface area contributed by atoms with Gasteiger partial charge in [-0.25, -0.2) is 0 Å². The number of amides is 1. The molecule has 0 unspecified atom stereocenters. The fraction of sp³-hybridized carbons (Fsp3) is 0.688. The molecular formula is C16H30N4O. The molecule has 0 fully saturated rings. The molecule has 0 saturated carbocycles. The Morgan fingerprint density at radius 3 is 2.76 bits per heavy atom. The highest BCUT2D eigenvalue weighted by molar-refractivity contribution is 5.93. The molecule has 0 aliphatic carbocycles.